The number of aromatic nitrogens is 3. The molecule has 0 spiro atoms. The van der Waals surface area contributed by atoms with Crippen LogP contribution in [0.2, 0.25) is 5.02 Å². The highest BCUT2D eigenvalue weighted by atomic mass is 35.5. The van der Waals surface area contributed by atoms with E-state index in [4.69, 9.17) is 25.6 Å². The number of imidazole rings is 1. The topological polar surface area (TPSA) is 96.4 Å². The van der Waals surface area contributed by atoms with Crippen LogP contribution in [0.3, 0.4) is 0 Å². The Morgan fingerprint density at radius 3 is 2.74 bits per heavy atom. The molecular formula is C34H41ClN4O4. The van der Waals surface area contributed by atoms with Gasteiger partial charge in [-0.25, -0.2) is 4.98 Å². The largest absolute Gasteiger partial charge is 0.466 e. The zero-order chi connectivity index (χ0) is 30.0. The lowest BCUT2D eigenvalue weighted by atomic mass is 9.87. The van der Waals surface area contributed by atoms with Gasteiger partial charge in [-0.2, -0.15) is 5.16 Å². The zero-order valence-electron chi connectivity index (χ0n) is 24.9. The van der Waals surface area contributed by atoms with E-state index in [1.54, 1.807) is 25.1 Å². The summed E-state index contributed by atoms with van der Waals surface area (Å²) in [5, 5.41) is 3.16. The molecule has 0 radical (unpaired) electrons. The molecule has 5 rings (SSSR count). The van der Waals surface area contributed by atoms with Crippen molar-refractivity contribution in [1.29, 1.82) is 0 Å². The molecule has 2 N–H and O–H groups in total. The Labute approximate surface area is 258 Å². The maximum Gasteiger partial charge on any atom is 0.280 e. The molecule has 228 valence electrons. The predicted octanol–water partition coefficient (Wildman–Crippen LogP) is 7.88. The summed E-state index contributed by atoms with van der Waals surface area (Å²) in [6, 6.07) is 7.51. The number of rotatable bonds is 15. The van der Waals surface area contributed by atoms with Crippen LogP contribution in [0.5, 0.6) is 0 Å². The number of benzene rings is 1. The van der Waals surface area contributed by atoms with Crippen molar-refractivity contribution in [2.75, 3.05) is 0 Å². The molecule has 1 aliphatic heterocycles. The minimum Gasteiger partial charge on any atom is -0.466 e. The minimum absolute atomic E-state index is 0.0725. The van der Waals surface area contributed by atoms with Crippen molar-refractivity contribution < 1.29 is 14.0 Å². The maximum absolute atomic E-state index is 11.8. The lowest BCUT2D eigenvalue weighted by Crippen LogP contribution is -2.48. The fourth-order valence-corrected chi connectivity index (χ4v) is 6.34. The first kappa shape index (κ1) is 30.7. The first-order valence-corrected chi connectivity index (χ1v) is 15.7. The fourth-order valence-electron chi connectivity index (χ4n) is 6.15. The van der Waals surface area contributed by atoms with E-state index in [-0.39, 0.29) is 23.7 Å². The van der Waals surface area contributed by atoms with Crippen molar-refractivity contribution in [2.24, 2.45) is 0 Å². The highest BCUT2D eigenvalue weighted by molar-refractivity contribution is 6.30. The van der Waals surface area contributed by atoms with Gasteiger partial charge in [0.1, 0.15) is 24.5 Å². The Kier molecular flexibility index (Phi) is 10.8. The molecule has 8 nitrogen and oxygen atoms in total. The highest BCUT2D eigenvalue weighted by Gasteiger charge is 2.39. The average molecular weight is 605 g/mol. The van der Waals surface area contributed by atoms with E-state index in [2.05, 4.69) is 64.2 Å². The summed E-state index contributed by atoms with van der Waals surface area (Å²) in [7, 11) is 0. The van der Waals surface area contributed by atoms with Gasteiger partial charge < -0.3 is 19.0 Å². The van der Waals surface area contributed by atoms with Crippen LogP contribution in [0.25, 0.3) is 0 Å². The van der Waals surface area contributed by atoms with Crippen molar-refractivity contribution in [3.05, 3.63) is 123 Å². The smallest absolute Gasteiger partial charge is 0.280 e. The van der Waals surface area contributed by atoms with Crippen LogP contribution in [-0.4, -0.2) is 32.1 Å². The van der Waals surface area contributed by atoms with Crippen LogP contribution in [0.1, 0.15) is 87.4 Å². The standard InChI is InChI=1S/C34H41ClN4O4/c1-3-5-11-25-19-26(35)12-15-29(25)34(30-21-36-23-37-30)39(27(4-2)13-14-28-20-33(40)38-43-28)31(32-22-41-16-17-42-32)18-24-9-7-6-8-10-24/h6-7,9,12,15-17,19-23,27,31,34H,3-5,8,10-11,13-14,18H2,1-2H3,(H,36,37)(H,38,40). The van der Waals surface area contributed by atoms with E-state index in [1.165, 1.54) is 22.8 Å². The summed E-state index contributed by atoms with van der Waals surface area (Å²) in [5.74, 6) is 1.39. The van der Waals surface area contributed by atoms with Crippen molar-refractivity contribution in [2.45, 2.75) is 89.8 Å². The summed E-state index contributed by atoms with van der Waals surface area (Å²) in [6.45, 7) is 4.42. The molecule has 0 fully saturated rings. The van der Waals surface area contributed by atoms with E-state index in [9.17, 15) is 4.79 Å². The molecule has 3 unspecified atom stereocenters. The third-order valence-corrected chi connectivity index (χ3v) is 8.50. The third kappa shape index (κ3) is 7.80. The van der Waals surface area contributed by atoms with E-state index in [1.807, 2.05) is 12.3 Å². The SMILES string of the molecule is CCCCc1cc(Cl)ccc1C(c1cnc[nH]1)N(C(CC)CCc1cc(=O)[nH]o1)C(CC1=CC=CCC1)C1=COC=CO1. The minimum atomic E-state index is -0.225. The molecule has 0 bridgehead atoms. The molecule has 2 aromatic heterocycles. The Bertz CT molecular complexity index is 1500. The highest BCUT2D eigenvalue weighted by Crippen LogP contribution is 2.40. The van der Waals surface area contributed by atoms with Gasteiger partial charge in [-0.05, 0) is 68.2 Å². The van der Waals surface area contributed by atoms with Crippen molar-refractivity contribution in [3.63, 3.8) is 0 Å². The first-order chi connectivity index (χ1) is 21.1. The van der Waals surface area contributed by atoms with Gasteiger partial charge >= 0.3 is 0 Å². The van der Waals surface area contributed by atoms with Gasteiger partial charge in [-0.15, -0.1) is 0 Å². The number of hydrogen-bond donors (Lipinski definition) is 2. The number of unbranched alkanes of at least 4 members (excludes halogenated alkanes) is 1. The molecular weight excluding hydrogens is 564 g/mol. The summed E-state index contributed by atoms with van der Waals surface area (Å²) in [5.41, 5.74) is 4.52. The number of H-pyrrole nitrogens is 2. The average Bonchev–Trinajstić information content (AvgIpc) is 3.72. The Morgan fingerprint density at radius 1 is 1.16 bits per heavy atom. The van der Waals surface area contributed by atoms with Gasteiger partial charge in [0.15, 0.2) is 5.76 Å². The van der Waals surface area contributed by atoms with Gasteiger partial charge in [0.05, 0.1) is 24.1 Å². The Hall–Kier alpha value is -3.75. The van der Waals surface area contributed by atoms with Crippen LogP contribution in [0.15, 0.2) is 94.5 Å². The molecule has 0 saturated heterocycles. The summed E-state index contributed by atoms with van der Waals surface area (Å²) >= 11 is 6.59. The molecule has 9 heteroatoms. The maximum atomic E-state index is 11.8. The van der Waals surface area contributed by atoms with Gasteiger partial charge in [0, 0.05) is 29.7 Å². The molecule has 1 aromatic carbocycles. The molecule has 0 amide bonds. The van der Waals surface area contributed by atoms with E-state index in [0.29, 0.717) is 12.2 Å². The number of nitrogens with one attached hydrogen (secondary N) is 2. The van der Waals surface area contributed by atoms with Crippen LogP contribution in [0.4, 0.5) is 0 Å². The van der Waals surface area contributed by atoms with Crippen LogP contribution >= 0.6 is 11.6 Å². The number of allylic oxidation sites excluding steroid dienone is 3. The van der Waals surface area contributed by atoms with E-state index in [0.717, 1.165) is 67.8 Å². The van der Waals surface area contributed by atoms with Gasteiger partial charge in [-0.3, -0.25) is 9.69 Å². The molecule has 1 aliphatic carbocycles. The normalized spacial score (nSPS) is 16.7. The van der Waals surface area contributed by atoms with Crippen LogP contribution in [-0.2, 0) is 22.3 Å². The summed E-state index contributed by atoms with van der Waals surface area (Å²) < 4.78 is 17.4. The Morgan fingerprint density at radius 2 is 2.07 bits per heavy atom. The second-order valence-electron chi connectivity index (χ2n) is 11.1. The molecule has 3 atom stereocenters. The third-order valence-electron chi connectivity index (χ3n) is 8.27. The monoisotopic (exact) mass is 604 g/mol. The lowest BCUT2D eigenvalue weighted by Gasteiger charge is -2.44. The van der Waals surface area contributed by atoms with Crippen molar-refractivity contribution in [3.8, 4) is 0 Å². The van der Waals surface area contributed by atoms with Crippen LogP contribution in [0, 0.1) is 0 Å². The second kappa shape index (κ2) is 15.1. The number of aryl methyl sites for hydroxylation is 2. The quantitative estimate of drug-likeness (QED) is 0.183. The van der Waals surface area contributed by atoms with Crippen LogP contribution < -0.4 is 5.56 Å². The van der Waals surface area contributed by atoms with Gasteiger partial charge in [-0.1, -0.05) is 61.7 Å². The van der Waals surface area contributed by atoms with E-state index < -0.39 is 0 Å². The van der Waals surface area contributed by atoms with Gasteiger partial charge in [0.25, 0.3) is 5.56 Å². The predicted molar refractivity (Wildman–Crippen MR) is 168 cm³/mol. The van der Waals surface area contributed by atoms with E-state index >= 15 is 0 Å². The Balaban J connectivity index is 1.66. The second-order valence-corrected chi connectivity index (χ2v) is 11.6. The zero-order valence-corrected chi connectivity index (χ0v) is 25.7. The molecule has 3 heterocycles. The summed E-state index contributed by atoms with van der Waals surface area (Å²) in [6.07, 6.45) is 23.2. The van der Waals surface area contributed by atoms with Crippen molar-refractivity contribution in [1.82, 2.24) is 20.0 Å². The number of aromatic amines is 2. The lowest BCUT2D eigenvalue weighted by molar-refractivity contribution is 0.0661. The molecule has 43 heavy (non-hydrogen) atoms. The molecule has 2 aliphatic rings. The first-order valence-electron chi connectivity index (χ1n) is 15.3. The number of nitrogens with zero attached hydrogens (tertiary/aromatic N) is 2. The number of hydrogen-bond acceptors (Lipinski definition) is 6. The van der Waals surface area contributed by atoms with Gasteiger partial charge in [0.2, 0.25) is 0 Å². The number of ether oxygens (including phenoxy) is 2. The number of halogens is 1. The fraction of sp³-hybridized carbons (Fsp3) is 0.412. The molecule has 3 aromatic rings. The van der Waals surface area contributed by atoms with Crippen molar-refractivity contribution >= 4 is 11.6 Å². The summed E-state index contributed by atoms with van der Waals surface area (Å²) in [4.78, 5) is 22.3. The molecule has 0 saturated carbocycles.